The van der Waals surface area contributed by atoms with Crippen LogP contribution in [0.3, 0.4) is 0 Å². The Balaban J connectivity index is 2.44. The Labute approximate surface area is 120 Å². The summed E-state index contributed by atoms with van der Waals surface area (Å²) in [6.45, 7) is 5.19. The van der Waals surface area contributed by atoms with E-state index in [2.05, 4.69) is 5.10 Å². The maximum absolute atomic E-state index is 12.5. The molecule has 3 aromatic rings. The molecule has 0 bridgehead atoms. The lowest BCUT2D eigenvalue weighted by molar-refractivity contribution is -0.140. The van der Waals surface area contributed by atoms with Crippen molar-refractivity contribution in [2.75, 3.05) is 0 Å². The minimum absolute atomic E-state index is 0.399. The van der Waals surface area contributed by atoms with Crippen molar-refractivity contribution in [3.05, 3.63) is 46.0 Å². The number of carboxylic acid groups (broad SMARTS) is 1. The molecular weight excluding hydrogens is 270 g/mol. The summed E-state index contributed by atoms with van der Waals surface area (Å²) < 4.78 is 2.79. The van der Waals surface area contributed by atoms with Crippen LogP contribution in [0.2, 0.25) is 0 Å². The summed E-state index contributed by atoms with van der Waals surface area (Å²) in [6.07, 6.45) is 0. The highest BCUT2D eigenvalue weighted by atomic mass is 16.4. The van der Waals surface area contributed by atoms with Gasteiger partial charge in [-0.25, -0.2) is 9.48 Å². The zero-order chi connectivity index (χ0) is 15.3. The summed E-state index contributed by atoms with van der Waals surface area (Å²) in [7, 11) is 0. The van der Waals surface area contributed by atoms with Crippen molar-refractivity contribution in [3.8, 4) is 0 Å². The zero-order valence-corrected chi connectivity index (χ0v) is 12.0. The molecule has 3 rings (SSSR count). The molecule has 1 unspecified atom stereocenters. The molecule has 108 valence electrons. The van der Waals surface area contributed by atoms with Crippen LogP contribution in [0.4, 0.5) is 0 Å². The number of rotatable bonds is 2. The summed E-state index contributed by atoms with van der Waals surface area (Å²) in [5, 5.41) is 14.2. The first-order valence-corrected chi connectivity index (χ1v) is 6.64. The van der Waals surface area contributed by atoms with E-state index in [-0.39, 0.29) is 0 Å². The Morgan fingerprint density at radius 3 is 2.62 bits per heavy atom. The monoisotopic (exact) mass is 285 g/mol. The minimum Gasteiger partial charge on any atom is -0.480 e. The van der Waals surface area contributed by atoms with Gasteiger partial charge in [0.25, 0.3) is 5.56 Å². The van der Waals surface area contributed by atoms with Gasteiger partial charge in [-0.1, -0.05) is 11.6 Å². The molecule has 0 aliphatic carbocycles. The molecule has 0 aliphatic heterocycles. The normalized spacial score (nSPS) is 12.9. The average Bonchev–Trinajstić information content (AvgIpc) is 2.81. The minimum atomic E-state index is -1.08. The van der Waals surface area contributed by atoms with Gasteiger partial charge in [0.05, 0.1) is 5.52 Å². The Morgan fingerprint density at radius 2 is 1.95 bits per heavy atom. The molecule has 0 radical (unpaired) electrons. The van der Waals surface area contributed by atoms with Gasteiger partial charge in [-0.15, -0.1) is 0 Å². The Morgan fingerprint density at radius 1 is 1.24 bits per heavy atom. The molecule has 1 aromatic carbocycles. The average molecular weight is 285 g/mol. The Bertz CT molecular complexity index is 937. The van der Waals surface area contributed by atoms with Gasteiger partial charge in [-0.3, -0.25) is 9.20 Å². The van der Waals surface area contributed by atoms with Gasteiger partial charge in [0, 0.05) is 5.39 Å². The van der Waals surface area contributed by atoms with Gasteiger partial charge < -0.3 is 5.11 Å². The number of aryl methyl sites for hydroxylation is 2. The number of fused-ring (bicyclic) bond motifs is 3. The first kappa shape index (κ1) is 13.4. The molecule has 0 spiro atoms. The number of nitrogens with zero attached hydrogens (tertiary/aromatic N) is 3. The second-order valence-electron chi connectivity index (χ2n) is 5.24. The van der Waals surface area contributed by atoms with Crippen molar-refractivity contribution in [3.63, 3.8) is 0 Å². The molecular formula is C15H15N3O3. The molecule has 6 nitrogen and oxygen atoms in total. The molecule has 21 heavy (non-hydrogen) atoms. The molecule has 0 saturated carbocycles. The van der Waals surface area contributed by atoms with Crippen LogP contribution in [0.15, 0.2) is 29.1 Å². The summed E-state index contributed by atoms with van der Waals surface area (Å²) in [4.78, 5) is 23.6. The maximum atomic E-state index is 12.5. The predicted octanol–water partition coefficient (Wildman–Crippen LogP) is 1.91. The highest BCUT2D eigenvalue weighted by molar-refractivity contribution is 5.87. The van der Waals surface area contributed by atoms with Crippen molar-refractivity contribution in [2.24, 2.45) is 0 Å². The summed E-state index contributed by atoms with van der Waals surface area (Å²) in [6, 6.07) is 6.69. The fourth-order valence-corrected chi connectivity index (χ4v) is 2.57. The Kier molecular flexibility index (Phi) is 2.83. The smallest absolute Gasteiger partial charge is 0.328 e. The molecule has 2 aromatic heterocycles. The molecule has 2 heterocycles. The summed E-state index contributed by atoms with van der Waals surface area (Å²) in [5.41, 5.74) is 2.04. The lowest BCUT2D eigenvalue weighted by atomic mass is 10.2. The number of hydrogen-bond donors (Lipinski definition) is 1. The van der Waals surface area contributed by atoms with Crippen LogP contribution in [0.1, 0.15) is 24.4 Å². The van der Waals surface area contributed by atoms with E-state index in [0.29, 0.717) is 11.3 Å². The maximum Gasteiger partial charge on any atom is 0.328 e. The van der Waals surface area contributed by atoms with E-state index in [4.69, 9.17) is 5.11 Å². The number of benzene rings is 1. The van der Waals surface area contributed by atoms with Gasteiger partial charge in [-0.05, 0) is 39.0 Å². The molecule has 1 atom stereocenters. The van der Waals surface area contributed by atoms with Crippen LogP contribution in [0, 0.1) is 13.8 Å². The largest absolute Gasteiger partial charge is 0.480 e. The SMILES string of the molecule is Cc1ccc2c(c1)cc1c(=O)n(C(C)C(=O)O)nc(C)n12. The van der Waals surface area contributed by atoms with E-state index in [1.807, 2.05) is 25.1 Å². The highest BCUT2D eigenvalue weighted by Gasteiger charge is 2.19. The van der Waals surface area contributed by atoms with Gasteiger partial charge in [-0.2, -0.15) is 5.10 Å². The van der Waals surface area contributed by atoms with Crippen LogP contribution in [0.25, 0.3) is 16.4 Å². The van der Waals surface area contributed by atoms with Crippen molar-refractivity contribution in [1.82, 2.24) is 14.2 Å². The number of hydrogen-bond acceptors (Lipinski definition) is 3. The van der Waals surface area contributed by atoms with Crippen LogP contribution in [0.5, 0.6) is 0 Å². The van der Waals surface area contributed by atoms with E-state index in [9.17, 15) is 9.59 Å². The number of aromatic nitrogens is 3. The van der Waals surface area contributed by atoms with Gasteiger partial charge >= 0.3 is 5.97 Å². The lowest BCUT2D eigenvalue weighted by Crippen LogP contribution is -2.32. The number of aliphatic carboxylic acids is 1. The van der Waals surface area contributed by atoms with Gasteiger partial charge in [0.1, 0.15) is 11.3 Å². The third-order valence-electron chi connectivity index (χ3n) is 3.68. The molecule has 0 saturated heterocycles. The van der Waals surface area contributed by atoms with Crippen LogP contribution in [-0.4, -0.2) is 25.3 Å². The third kappa shape index (κ3) is 1.91. The van der Waals surface area contributed by atoms with E-state index < -0.39 is 17.6 Å². The number of carboxylic acids is 1. The molecule has 0 amide bonds. The van der Waals surface area contributed by atoms with E-state index in [1.165, 1.54) is 6.92 Å². The van der Waals surface area contributed by atoms with E-state index in [0.717, 1.165) is 21.1 Å². The zero-order valence-electron chi connectivity index (χ0n) is 12.0. The molecule has 0 aliphatic rings. The van der Waals surface area contributed by atoms with Crippen molar-refractivity contribution < 1.29 is 9.90 Å². The van der Waals surface area contributed by atoms with Crippen LogP contribution < -0.4 is 5.56 Å². The third-order valence-corrected chi connectivity index (χ3v) is 3.68. The summed E-state index contributed by atoms with van der Waals surface area (Å²) >= 11 is 0. The summed E-state index contributed by atoms with van der Waals surface area (Å²) in [5.74, 6) is -0.503. The predicted molar refractivity (Wildman–Crippen MR) is 78.8 cm³/mol. The first-order valence-electron chi connectivity index (χ1n) is 6.64. The van der Waals surface area contributed by atoms with Crippen LogP contribution >= 0.6 is 0 Å². The van der Waals surface area contributed by atoms with E-state index >= 15 is 0 Å². The number of carbonyl (C=O) groups is 1. The quantitative estimate of drug-likeness (QED) is 0.780. The fourth-order valence-electron chi connectivity index (χ4n) is 2.57. The van der Waals surface area contributed by atoms with Crippen molar-refractivity contribution in [1.29, 1.82) is 0 Å². The first-order chi connectivity index (χ1) is 9.90. The second-order valence-corrected chi connectivity index (χ2v) is 5.24. The Hall–Kier alpha value is -2.63. The molecule has 0 fully saturated rings. The van der Waals surface area contributed by atoms with Gasteiger partial charge in [0.2, 0.25) is 0 Å². The van der Waals surface area contributed by atoms with Gasteiger partial charge in [0.15, 0.2) is 6.04 Å². The molecule has 6 heteroatoms. The highest BCUT2D eigenvalue weighted by Crippen LogP contribution is 2.21. The lowest BCUT2D eigenvalue weighted by Gasteiger charge is -2.11. The second kappa shape index (κ2) is 4.44. The van der Waals surface area contributed by atoms with Crippen molar-refractivity contribution >= 4 is 22.4 Å². The van der Waals surface area contributed by atoms with E-state index in [1.54, 1.807) is 17.4 Å². The topological polar surface area (TPSA) is 76.6 Å². The standard InChI is InChI=1S/C15H15N3O3/c1-8-4-5-12-11(6-8)7-13-14(19)18(9(2)15(20)21)16-10(3)17(12)13/h4-7,9H,1-3H3,(H,20,21). The van der Waals surface area contributed by atoms with Crippen molar-refractivity contribution in [2.45, 2.75) is 26.8 Å². The molecule has 1 N–H and O–H groups in total. The van der Waals surface area contributed by atoms with Crippen LogP contribution in [-0.2, 0) is 4.79 Å². The fraction of sp³-hybridized carbons (Fsp3) is 0.267.